The van der Waals surface area contributed by atoms with Gasteiger partial charge in [0, 0.05) is 40.1 Å². The zero-order valence-corrected chi connectivity index (χ0v) is 19.2. The summed E-state index contributed by atoms with van der Waals surface area (Å²) in [5.41, 5.74) is 7.03. The Morgan fingerprint density at radius 2 is 1.93 bits per heavy atom. The number of nitrogens with zero attached hydrogens (tertiary/aromatic N) is 4. The minimum atomic E-state index is 0.00982. The van der Waals surface area contributed by atoms with E-state index in [0.717, 1.165) is 33.7 Å². The number of thioether (sulfide) groups is 1. The standard InChI is InChI=1S/C24H25ClN4S/c1-14-12-18(17(4)29(14)21-10-7-8-19(25)16(21)3)23-22(20-9-5-6-11-26-20)27-24-28(23)13-15(2)30-24/h5-12,15,22-23H,13H2,1-4H3/t15-,22-,23+/m0/s1. The highest BCUT2D eigenvalue weighted by atomic mass is 35.5. The van der Waals surface area contributed by atoms with Crippen LogP contribution in [0.3, 0.4) is 0 Å². The molecular weight excluding hydrogens is 412 g/mol. The molecule has 4 nitrogen and oxygen atoms in total. The molecule has 0 unspecified atom stereocenters. The summed E-state index contributed by atoms with van der Waals surface area (Å²) in [5, 5.41) is 2.49. The second kappa shape index (κ2) is 7.47. The Morgan fingerprint density at radius 1 is 1.10 bits per heavy atom. The highest BCUT2D eigenvalue weighted by molar-refractivity contribution is 8.14. The maximum atomic E-state index is 6.44. The lowest BCUT2D eigenvalue weighted by molar-refractivity contribution is 0.320. The van der Waals surface area contributed by atoms with E-state index in [1.807, 2.05) is 36.2 Å². The van der Waals surface area contributed by atoms with Crippen molar-refractivity contribution in [3.05, 3.63) is 81.9 Å². The topological polar surface area (TPSA) is 33.4 Å². The number of hydrogen-bond donors (Lipinski definition) is 0. The molecule has 154 valence electrons. The van der Waals surface area contributed by atoms with Crippen molar-refractivity contribution in [1.29, 1.82) is 0 Å². The van der Waals surface area contributed by atoms with Gasteiger partial charge < -0.3 is 9.47 Å². The fourth-order valence-electron chi connectivity index (χ4n) is 4.75. The number of amidine groups is 1. The average Bonchev–Trinajstić information content (AvgIpc) is 3.35. The van der Waals surface area contributed by atoms with Crippen LogP contribution in [-0.4, -0.2) is 31.4 Å². The maximum absolute atomic E-state index is 6.44. The van der Waals surface area contributed by atoms with Crippen LogP contribution in [-0.2, 0) is 0 Å². The third kappa shape index (κ3) is 3.07. The number of fused-ring (bicyclic) bond motifs is 1. The van der Waals surface area contributed by atoms with Gasteiger partial charge in [0.15, 0.2) is 5.17 Å². The molecule has 4 heterocycles. The van der Waals surface area contributed by atoms with Gasteiger partial charge in [0.1, 0.15) is 6.04 Å². The molecule has 0 radical (unpaired) electrons. The van der Waals surface area contributed by atoms with Gasteiger partial charge in [-0.15, -0.1) is 0 Å². The van der Waals surface area contributed by atoms with Crippen molar-refractivity contribution in [2.24, 2.45) is 4.99 Å². The second-order valence-electron chi connectivity index (χ2n) is 8.18. The Kier molecular flexibility index (Phi) is 4.91. The summed E-state index contributed by atoms with van der Waals surface area (Å²) in [6.07, 6.45) is 1.87. The maximum Gasteiger partial charge on any atom is 0.160 e. The molecule has 0 saturated carbocycles. The predicted octanol–water partition coefficient (Wildman–Crippen LogP) is 6.04. The second-order valence-corrected chi connectivity index (χ2v) is 10.00. The van der Waals surface area contributed by atoms with E-state index in [4.69, 9.17) is 16.6 Å². The normalized spacial score (nSPS) is 23.0. The average molecular weight is 437 g/mol. The fourth-order valence-corrected chi connectivity index (χ4v) is 6.01. The quantitative estimate of drug-likeness (QED) is 0.501. The summed E-state index contributed by atoms with van der Waals surface area (Å²) in [5.74, 6) is 0. The molecule has 0 bridgehead atoms. The van der Waals surface area contributed by atoms with E-state index in [2.05, 4.69) is 66.4 Å². The van der Waals surface area contributed by atoms with E-state index in [9.17, 15) is 0 Å². The van der Waals surface area contributed by atoms with Crippen molar-refractivity contribution in [2.45, 2.75) is 45.0 Å². The molecule has 1 fully saturated rings. The van der Waals surface area contributed by atoms with Gasteiger partial charge in [0.05, 0.1) is 11.7 Å². The fraction of sp³-hybridized carbons (Fsp3) is 0.333. The third-order valence-corrected chi connectivity index (χ3v) is 7.66. The van der Waals surface area contributed by atoms with Gasteiger partial charge in [0.2, 0.25) is 0 Å². The molecule has 0 N–H and O–H groups in total. The minimum absolute atomic E-state index is 0.00982. The van der Waals surface area contributed by atoms with Crippen molar-refractivity contribution in [3.63, 3.8) is 0 Å². The Bertz CT molecular complexity index is 1140. The molecule has 6 heteroatoms. The first-order valence-electron chi connectivity index (χ1n) is 10.3. The highest BCUT2D eigenvalue weighted by Gasteiger charge is 2.44. The van der Waals surface area contributed by atoms with Crippen LogP contribution >= 0.6 is 23.4 Å². The first kappa shape index (κ1) is 19.7. The molecular formula is C24H25ClN4S. The summed E-state index contributed by atoms with van der Waals surface area (Å²) in [6.45, 7) is 9.75. The van der Waals surface area contributed by atoms with E-state index in [-0.39, 0.29) is 12.1 Å². The van der Waals surface area contributed by atoms with Crippen LogP contribution in [0.1, 0.15) is 47.2 Å². The number of hydrogen-bond acceptors (Lipinski definition) is 4. The largest absolute Gasteiger partial charge is 0.341 e. The van der Waals surface area contributed by atoms with Gasteiger partial charge in [-0.1, -0.05) is 42.4 Å². The molecule has 3 aromatic rings. The zero-order valence-electron chi connectivity index (χ0n) is 17.6. The van der Waals surface area contributed by atoms with Crippen molar-refractivity contribution >= 4 is 28.5 Å². The van der Waals surface area contributed by atoms with E-state index in [0.29, 0.717) is 5.25 Å². The van der Waals surface area contributed by atoms with E-state index in [1.165, 1.54) is 17.0 Å². The van der Waals surface area contributed by atoms with Crippen molar-refractivity contribution in [1.82, 2.24) is 14.5 Å². The molecule has 3 atom stereocenters. The smallest absolute Gasteiger partial charge is 0.160 e. The van der Waals surface area contributed by atoms with Crippen LogP contribution in [0.2, 0.25) is 5.02 Å². The molecule has 5 rings (SSSR count). The lowest BCUT2D eigenvalue weighted by Gasteiger charge is -2.27. The predicted molar refractivity (Wildman–Crippen MR) is 126 cm³/mol. The van der Waals surface area contributed by atoms with Crippen molar-refractivity contribution in [2.75, 3.05) is 6.54 Å². The van der Waals surface area contributed by atoms with Crippen LogP contribution in [0.15, 0.2) is 53.7 Å². The lowest BCUT2D eigenvalue weighted by atomic mass is 9.96. The Hall–Kier alpha value is -2.24. The number of rotatable bonds is 3. The molecule has 1 saturated heterocycles. The van der Waals surface area contributed by atoms with Crippen LogP contribution in [0, 0.1) is 20.8 Å². The van der Waals surface area contributed by atoms with E-state index in [1.54, 1.807) is 0 Å². The summed E-state index contributed by atoms with van der Waals surface area (Å²) in [7, 11) is 0. The van der Waals surface area contributed by atoms with Gasteiger partial charge in [-0.25, -0.2) is 0 Å². The number of halogens is 1. The van der Waals surface area contributed by atoms with Gasteiger partial charge in [-0.2, -0.15) is 0 Å². The molecule has 0 aliphatic carbocycles. The first-order chi connectivity index (χ1) is 14.5. The monoisotopic (exact) mass is 436 g/mol. The van der Waals surface area contributed by atoms with Gasteiger partial charge in [-0.3, -0.25) is 9.98 Å². The van der Waals surface area contributed by atoms with Gasteiger partial charge in [0.25, 0.3) is 0 Å². The summed E-state index contributed by atoms with van der Waals surface area (Å²) >= 11 is 8.32. The molecule has 2 aliphatic heterocycles. The van der Waals surface area contributed by atoms with Crippen LogP contribution in [0.4, 0.5) is 0 Å². The van der Waals surface area contributed by atoms with Crippen LogP contribution in [0.25, 0.3) is 5.69 Å². The summed E-state index contributed by atoms with van der Waals surface area (Å²) < 4.78 is 2.33. The number of pyridine rings is 1. The first-order valence-corrected chi connectivity index (χ1v) is 11.6. The Morgan fingerprint density at radius 3 is 2.70 bits per heavy atom. The van der Waals surface area contributed by atoms with E-state index < -0.39 is 0 Å². The number of aliphatic imine (C=N–C) groups is 1. The molecule has 0 amide bonds. The summed E-state index contributed by atoms with van der Waals surface area (Å²) in [6, 6.07) is 14.7. The molecule has 2 aliphatic rings. The van der Waals surface area contributed by atoms with Crippen molar-refractivity contribution < 1.29 is 0 Å². The Balaban J connectivity index is 1.65. The summed E-state index contributed by atoms with van der Waals surface area (Å²) in [4.78, 5) is 12.3. The molecule has 0 spiro atoms. The van der Waals surface area contributed by atoms with E-state index >= 15 is 0 Å². The minimum Gasteiger partial charge on any atom is -0.341 e. The molecule has 2 aromatic heterocycles. The van der Waals surface area contributed by atoms with Crippen LogP contribution in [0.5, 0.6) is 0 Å². The zero-order chi connectivity index (χ0) is 21.0. The molecule has 1 aromatic carbocycles. The lowest BCUT2D eigenvalue weighted by Crippen LogP contribution is -2.28. The number of benzene rings is 1. The SMILES string of the molecule is Cc1c(Cl)cccc1-n1c(C)cc([C@@H]2[C@H](c3ccccn3)N=C3S[C@@H](C)CN32)c1C. The van der Waals surface area contributed by atoms with Crippen molar-refractivity contribution in [3.8, 4) is 5.69 Å². The van der Waals surface area contributed by atoms with Gasteiger partial charge in [-0.05, 0) is 62.2 Å². The third-order valence-electron chi connectivity index (χ3n) is 6.15. The molecule has 30 heavy (non-hydrogen) atoms. The Labute approximate surface area is 187 Å². The highest BCUT2D eigenvalue weighted by Crippen LogP contribution is 2.49. The number of aryl methyl sites for hydroxylation is 1. The van der Waals surface area contributed by atoms with Crippen LogP contribution < -0.4 is 0 Å². The van der Waals surface area contributed by atoms with Gasteiger partial charge >= 0.3 is 0 Å². The number of aromatic nitrogens is 2.